The third-order valence-electron chi connectivity index (χ3n) is 3.39. The quantitative estimate of drug-likeness (QED) is 0.337. The average molecular weight is 316 g/mol. The second kappa shape index (κ2) is 7.71. The first-order valence-corrected chi connectivity index (χ1v) is 6.76. The fourth-order valence-corrected chi connectivity index (χ4v) is 2.30. The Labute approximate surface area is 126 Å². The first kappa shape index (κ1) is 17.9. The van der Waals surface area contributed by atoms with Crippen LogP contribution in [-0.4, -0.2) is 70.1 Å². The summed E-state index contributed by atoms with van der Waals surface area (Å²) in [5.74, 6) is -3.63. The number of rotatable bonds is 7. The van der Waals surface area contributed by atoms with Gasteiger partial charge >= 0.3 is 11.9 Å². The Hall–Kier alpha value is -2.20. The molecule has 10 nitrogen and oxygen atoms in total. The van der Waals surface area contributed by atoms with Crippen LogP contribution in [0.3, 0.4) is 0 Å². The summed E-state index contributed by atoms with van der Waals surface area (Å²) >= 11 is 0. The summed E-state index contributed by atoms with van der Waals surface area (Å²) in [5, 5.41) is 19.9. The SMILES string of the molecule is NCC(=O)N1C[C@@H](N)C[C@H]1C(=O)N[C@@H](CCC(=O)O)C(=O)O. The van der Waals surface area contributed by atoms with E-state index >= 15 is 0 Å². The number of hydrogen-bond acceptors (Lipinski definition) is 6. The number of hydrogen-bond donors (Lipinski definition) is 5. The van der Waals surface area contributed by atoms with Crippen LogP contribution in [0.25, 0.3) is 0 Å². The maximum atomic E-state index is 12.2. The molecule has 0 aromatic rings. The number of nitrogens with zero attached hydrogens (tertiary/aromatic N) is 1. The molecule has 0 spiro atoms. The molecule has 1 fully saturated rings. The van der Waals surface area contributed by atoms with Crippen LogP contribution in [0, 0.1) is 0 Å². The van der Waals surface area contributed by atoms with Gasteiger partial charge in [0, 0.05) is 19.0 Å². The van der Waals surface area contributed by atoms with Gasteiger partial charge in [0.2, 0.25) is 11.8 Å². The zero-order valence-corrected chi connectivity index (χ0v) is 11.9. The Morgan fingerprint density at radius 2 is 1.91 bits per heavy atom. The van der Waals surface area contributed by atoms with Crippen molar-refractivity contribution in [2.75, 3.05) is 13.1 Å². The number of likely N-dealkylation sites (tertiary alicyclic amines) is 1. The molecular weight excluding hydrogens is 296 g/mol. The molecule has 0 saturated carbocycles. The standard InChI is InChI=1S/C12H20N4O6/c13-4-9(17)16-5-6(14)3-8(16)11(20)15-7(12(21)22)1-2-10(18)19/h6-8H,1-5,13-14H2,(H,15,20)(H,18,19)(H,21,22)/t6-,7-,8-/m0/s1. The van der Waals surface area contributed by atoms with E-state index in [4.69, 9.17) is 21.7 Å². The molecule has 1 saturated heterocycles. The van der Waals surface area contributed by atoms with Crippen molar-refractivity contribution >= 4 is 23.8 Å². The molecule has 1 rings (SSSR count). The molecule has 0 aromatic heterocycles. The van der Waals surface area contributed by atoms with E-state index in [0.29, 0.717) is 0 Å². The van der Waals surface area contributed by atoms with Crippen LogP contribution in [0.15, 0.2) is 0 Å². The van der Waals surface area contributed by atoms with Gasteiger partial charge < -0.3 is 31.9 Å². The number of carboxylic acids is 2. The third kappa shape index (κ3) is 4.67. The lowest BCUT2D eigenvalue weighted by molar-refractivity contribution is -0.144. The van der Waals surface area contributed by atoms with E-state index in [1.54, 1.807) is 0 Å². The van der Waals surface area contributed by atoms with Crippen LogP contribution in [0.2, 0.25) is 0 Å². The molecule has 2 amide bonds. The second-order valence-corrected chi connectivity index (χ2v) is 5.09. The highest BCUT2D eigenvalue weighted by Crippen LogP contribution is 2.17. The van der Waals surface area contributed by atoms with Gasteiger partial charge in [0.15, 0.2) is 0 Å². The van der Waals surface area contributed by atoms with Crippen LogP contribution in [0.4, 0.5) is 0 Å². The number of carboxylic acid groups (broad SMARTS) is 2. The van der Waals surface area contributed by atoms with Crippen LogP contribution < -0.4 is 16.8 Å². The monoisotopic (exact) mass is 316 g/mol. The van der Waals surface area contributed by atoms with E-state index in [-0.39, 0.29) is 25.9 Å². The number of aliphatic carboxylic acids is 2. The Kier molecular flexibility index (Phi) is 6.25. The molecule has 124 valence electrons. The van der Waals surface area contributed by atoms with Gasteiger partial charge in [0.25, 0.3) is 0 Å². The van der Waals surface area contributed by atoms with Crippen molar-refractivity contribution < 1.29 is 29.4 Å². The van der Waals surface area contributed by atoms with Crippen molar-refractivity contribution in [2.45, 2.75) is 37.4 Å². The van der Waals surface area contributed by atoms with Gasteiger partial charge in [-0.3, -0.25) is 14.4 Å². The zero-order chi connectivity index (χ0) is 16.9. The molecule has 0 aromatic carbocycles. The van der Waals surface area contributed by atoms with Crippen molar-refractivity contribution in [1.29, 1.82) is 0 Å². The number of nitrogens with two attached hydrogens (primary N) is 2. The van der Waals surface area contributed by atoms with Gasteiger partial charge in [0.1, 0.15) is 12.1 Å². The van der Waals surface area contributed by atoms with E-state index in [0.717, 1.165) is 0 Å². The summed E-state index contributed by atoms with van der Waals surface area (Å²) in [6, 6.07) is -2.62. The molecule has 0 bridgehead atoms. The van der Waals surface area contributed by atoms with E-state index < -0.39 is 48.3 Å². The van der Waals surface area contributed by atoms with Crippen molar-refractivity contribution in [2.24, 2.45) is 11.5 Å². The lowest BCUT2D eigenvalue weighted by atomic mass is 10.1. The highest BCUT2D eigenvalue weighted by atomic mass is 16.4. The Morgan fingerprint density at radius 3 is 2.41 bits per heavy atom. The largest absolute Gasteiger partial charge is 0.481 e. The maximum absolute atomic E-state index is 12.2. The summed E-state index contributed by atoms with van der Waals surface area (Å²) in [6.07, 6.45) is -0.449. The Morgan fingerprint density at radius 1 is 1.27 bits per heavy atom. The minimum atomic E-state index is -1.34. The first-order valence-electron chi connectivity index (χ1n) is 6.76. The van der Waals surface area contributed by atoms with Crippen molar-refractivity contribution in [3.63, 3.8) is 0 Å². The molecule has 7 N–H and O–H groups in total. The topological polar surface area (TPSA) is 176 Å². The summed E-state index contributed by atoms with van der Waals surface area (Å²) in [6.45, 7) is -0.112. The van der Waals surface area contributed by atoms with Gasteiger partial charge in [0.05, 0.1) is 6.54 Å². The van der Waals surface area contributed by atoms with E-state index in [1.165, 1.54) is 4.90 Å². The fourth-order valence-electron chi connectivity index (χ4n) is 2.30. The Balaban J connectivity index is 2.73. The molecule has 22 heavy (non-hydrogen) atoms. The van der Waals surface area contributed by atoms with Gasteiger partial charge in [-0.15, -0.1) is 0 Å². The summed E-state index contributed by atoms with van der Waals surface area (Å²) < 4.78 is 0. The highest BCUT2D eigenvalue weighted by molar-refractivity contribution is 5.91. The van der Waals surface area contributed by atoms with E-state index in [1.807, 2.05) is 0 Å². The third-order valence-corrected chi connectivity index (χ3v) is 3.39. The minimum Gasteiger partial charge on any atom is -0.481 e. The lowest BCUT2D eigenvalue weighted by Gasteiger charge is -2.24. The van der Waals surface area contributed by atoms with E-state index in [2.05, 4.69) is 5.32 Å². The van der Waals surface area contributed by atoms with Crippen LogP contribution >= 0.6 is 0 Å². The second-order valence-electron chi connectivity index (χ2n) is 5.09. The average Bonchev–Trinajstić information content (AvgIpc) is 2.83. The molecule has 0 unspecified atom stereocenters. The summed E-state index contributed by atoms with van der Waals surface area (Å²) in [4.78, 5) is 46.6. The fraction of sp³-hybridized carbons (Fsp3) is 0.667. The minimum absolute atomic E-state index is 0.168. The lowest BCUT2D eigenvalue weighted by Crippen LogP contribution is -2.51. The number of amides is 2. The Bertz CT molecular complexity index is 469. The van der Waals surface area contributed by atoms with Crippen LogP contribution in [0.1, 0.15) is 19.3 Å². The van der Waals surface area contributed by atoms with Gasteiger partial charge in [-0.05, 0) is 12.8 Å². The van der Waals surface area contributed by atoms with E-state index in [9.17, 15) is 19.2 Å². The van der Waals surface area contributed by atoms with Gasteiger partial charge in [-0.2, -0.15) is 0 Å². The number of carbonyl (C=O) groups excluding carboxylic acids is 2. The van der Waals surface area contributed by atoms with Crippen molar-refractivity contribution in [3.8, 4) is 0 Å². The summed E-state index contributed by atoms with van der Waals surface area (Å²) in [7, 11) is 0. The summed E-state index contributed by atoms with van der Waals surface area (Å²) in [5.41, 5.74) is 11.0. The molecule has 0 radical (unpaired) electrons. The molecule has 1 aliphatic rings. The predicted octanol–water partition coefficient (Wildman–Crippen LogP) is -2.69. The van der Waals surface area contributed by atoms with Crippen LogP contribution in [0.5, 0.6) is 0 Å². The molecule has 3 atom stereocenters. The normalized spacial score (nSPS) is 22.2. The highest BCUT2D eigenvalue weighted by Gasteiger charge is 2.38. The smallest absolute Gasteiger partial charge is 0.326 e. The predicted molar refractivity (Wildman–Crippen MR) is 73.6 cm³/mol. The molecule has 0 aliphatic carbocycles. The van der Waals surface area contributed by atoms with Crippen molar-refractivity contribution in [3.05, 3.63) is 0 Å². The molecular formula is C12H20N4O6. The molecule has 1 aliphatic heterocycles. The maximum Gasteiger partial charge on any atom is 0.326 e. The van der Waals surface area contributed by atoms with Gasteiger partial charge in [-0.1, -0.05) is 0 Å². The number of carbonyl (C=O) groups is 4. The van der Waals surface area contributed by atoms with Gasteiger partial charge in [-0.25, -0.2) is 4.79 Å². The molecule has 10 heteroatoms. The first-order chi connectivity index (χ1) is 10.3. The zero-order valence-electron chi connectivity index (χ0n) is 11.9. The van der Waals surface area contributed by atoms with Crippen LogP contribution in [-0.2, 0) is 19.2 Å². The number of nitrogens with one attached hydrogen (secondary N) is 1. The van der Waals surface area contributed by atoms with Crippen molar-refractivity contribution in [1.82, 2.24) is 10.2 Å². The molecule has 1 heterocycles.